The van der Waals surface area contributed by atoms with Gasteiger partial charge in [0.15, 0.2) is 0 Å². The van der Waals surface area contributed by atoms with E-state index >= 15 is 0 Å². The van der Waals surface area contributed by atoms with E-state index in [0.717, 1.165) is 13.8 Å². The summed E-state index contributed by atoms with van der Waals surface area (Å²) in [6.45, 7) is 2.17. The van der Waals surface area contributed by atoms with E-state index in [4.69, 9.17) is 52.9 Å². The topological polar surface area (TPSA) is 283 Å². The molecule has 0 saturated heterocycles. The Kier molecular flexibility index (Phi) is 29.8. The molecule has 0 aliphatic rings. The molecule has 0 spiro atoms. The molecule has 1 radical (unpaired) electrons. The van der Waals surface area contributed by atoms with Crippen molar-refractivity contribution in [3.63, 3.8) is 0 Å². The zero-order valence-electron chi connectivity index (χ0n) is 15.7. The van der Waals surface area contributed by atoms with Crippen LogP contribution in [0.2, 0.25) is 0 Å². The van der Waals surface area contributed by atoms with E-state index in [1.807, 2.05) is 0 Å². The zero-order chi connectivity index (χ0) is 23.4. The number of carbonyl (C=O) groups is 6. The molecular weight excluding hydrogens is 443 g/mol. The van der Waals surface area contributed by atoms with E-state index in [9.17, 15) is 19.2 Å². The Labute approximate surface area is 176 Å². The minimum absolute atomic E-state index is 0. The molecule has 14 nitrogen and oxygen atoms in total. The average Bonchev–Trinajstić information content (AvgIpc) is 2.49. The smallest absolute Gasteiger partial charge is 0.665 e. The van der Waals surface area contributed by atoms with Crippen molar-refractivity contribution < 1.29 is 66.0 Å². The van der Waals surface area contributed by atoms with E-state index < -0.39 is 47.8 Å². The zero-order valence-corrected chi connectivity index (χ0v) is 16.8. The summed E-state index contributed by atoms with van der Waals surface area (Å²) in [7, 11) is 0. The fourth-order valence-corrected chi connectivity index (χ4v) is 0.820. The van der Waals surface area contributed by atoms with Crippen LogP contribution in [0.1, 0.15) is 39.5 Å². The van der Waals surface area contributed by atoms with Gasteiger partial charge < -0.3 is 43.4 Å². The number of primary amides is 2. The maximum Gasteiger partial charge on any atom is 2.00 e. The standard InChI is InChI=1S/2C5H9N2O3.2C2H4O2.Co/c2*6-3(5(9)10)1-2-4(7)8;2*1-2(3)4;/h2*3,6H,1-2H2,(H2,7,8)(H,9,10);2*1H3,(H,3,4);/q2*-1;;;+2. The molecule has 0 aromatic carbocycles. The maximum absolute atomic E-state index is 10.1. The van der Waals surface area contributed by atoms with E-state index in [2.05, 4.69) is 0 Å². The number of carboxylic acid groups (broad SMARTS) is 4. The van der Waals surface area contributed by atoms with E-state index in [1.165, 1.54) is 0 Å². The van der Waals surface area contributed by atoms with Gasteiger partial charge in [-0.05, 0) is 12.1 Å². The van der Waals surface area contributed by atoms with Gasteiger partial charge in [0.25, 0.3) is 23.9 Å². The molecule has 0 bridgehead atoms. The first-order chi connectivity index (χ1) is 12.5. The molecule has 0 aliphatic heterocycles. The van der Waals surface area contributed by atoms with E-state index in [-0.39, 0.29) is 42.5 Å². The fourth-order valence-electron chi connectivity index (χ4n) is 0.820. The summed E-state index contributed by atoms with van der Waals surface area (Å²) in [6.07, 6.45) is -0.101. The third kappa shape index (κ3) is 58.7. The van der Waals surface area contributed by atoms with Crippen molar-refractivity contribution in [1.29, 1.82) is 0 Å². The third-order valence-electron chi connectivity index (χ3n) is 1.96. The minimum Gasteiger partial charge on any atom is -0.665 e. The molecule has 0 aromatic rings. The number of nitrogens with two attached hydrogens (primary N) is 2. The van der Waals surface area contributed by atoms with Crippen molar-refractivity contribution in [3.8, 4) is 0 Å². The normalized spacial score (nSPS) is 10.3. The SMILES string of the molecule is CC(=O)O.CC(=O)O.[Co+2].[NH-]C(CCC(N)=O)C(=O)O.[NH-]C(CCC(N)=O)C(=O)O. The van der Waals surface area contributed by atoms with Gasteiger partial charge in [-0.25, -0.2) is 0 Å². The molecule has 0 rings (SSSR count). The Morgan fingerprint density at radius 3 is 0.966 bits per heavy atom. The number of carboxylic acids is 4. The summed E-state index contributed by atoms with van der Waals surface area (Å²) < 4.78 is 0. The van der Waals surface area contributed by atoms with Crippen LogP contribution in [0.4, 0.5) is 0 Å². The Morgan fingerprint density at radius 2 is 0.862 bits per heavy atom. The molecule has 0 aromatic heterocycles. The van der Waals surface area contributed by atoms with Gasteiger partial charge in [-0.2, -0.15) is 0 Å². The Hall–Kier alpha value is -2.75. The van der Waals surface area contributed by atoms with Crippen molar-refractivity contribution in [2.45, 2.75) is 51.6 Å². The van der Waals surface area contributed by atoms with Crippen LogP contribution >= 0.6 is 0 Å². The van der Waals surface area contributed by atoms with E-state index in [1.54, 1.807) is 0 Å². The predicted octanol–water partition coefficient (Wildman–Crippen LogP) is -0.306. The number of carbonyl (C=O) groups excluding carboxylic acids is 2. The molecule has 10 N–H and O–H groups in total. The summed E-state index contributed by atoms with van der Waals surface area (Å²) in [6, 6.07) is -2.46. The minimum atomic E-state index is -1.23. The van der Waals surface area contributed by atoms with Crippen LogP contribution in [0.15, 0.2) is 0 Å². The molecule has 2 unspecified atom stereocenters. The average molecular weight is 469 g/mol. The molecule has 2 amide bonds. The molecule has 0 heterocycles. The van der Waals surface area contributed by atoms with Gasteiger partial charge in [-0.3, -0.25) is 28.8 Å². The second kappa shape index (κ2) is 23.3. The molecular formula is C14H26CoN4O10. The van der Waals surface area contributed by atoms with Gasteiger partial charge in [0.1, 0.15) is 0 Å². The van der Waals surface area contributed by atoms with Gasteiger partial charge in [-0.15, -0.1) is 0 Å². The van der Waals surface area contributed by atoms with Crippen LogP contribution < -0.4 is 11.5 Å². The van der Waals surface area contributed by atoms with Crippen molar-refractivity contribution in [2.24, 2.45) is 11.5 Å². The van der Waals surface area contributed by atoms with Gasteiger partial charge >= 0.3 is 16.8 Å². The summed E-state index contributed by atoms with van der Waals surface area (Å²) in [5.74, 6) is -5.25. The van der Waals surface area contributed by atoms with E-state index in [0.29, 0.717) is 0 Å². The summed E-state index contributed by atoms with van der Waals surface area (Å²) >= 11 is 0. The van der Waals surface area contributed by atoms with Crippen molar-refractivity contribution >= 4 is 35.7 Å². The molecule has 0 aliphatic carbocycles. The van der Waals surface area contributed by atoms with Crippen LogP contribution in [0, 0.1) is 0 Å². The second-order valence-corrected chi connectivity index (χ2v) is 4.83. The van der Waals surface area contributed by atoms with Gasteiger partial charge in [0, 0.05) is 26.7 Å². The Morgan fingerprint density at radius 1 is 0.690 bits per heavy atom. The summed E-state index contributed by atoms with van der Waals surface area (Å²) in [5.41, 5.74) is 23.1. The molecule has 29 heavy (non-hydrogen) atoms. The van der Waals surface area contributed by atoms with Crippen LogP contribution in [0.3, 0.4) is 0 Å². The monoisotopic (exact) mass is 469 g/mol. The van der Waals surface area contributed by atoms with Crippen LogP contribution in [0.5, 0.6) is 0 Å². The molecule has 2 atom stereocenters. The Bertz CT molecular complexity index is 477. The number of rotatable bonds is 8. The van der Waals surface area contributed by atoms with Crippen molar-refractivity contribution in [1.82, 2.24) is 0 Å². The number of hydrogen-bond acceptors (Lipinski definition) is 6. The third-order valence-corrected chi connectivity index (χ3v) is 1.96. The first-order valence-corrected chi connectivity index (χ1v) is 7.37. The van der Waals surface area contributed by atoms with Gasteiger partial charge in [0.05, 0.1) is 0 Å². The fraction of sp³-hybridized carbons (Fsp3) is 0.571. The maximum atomic E-state index is 10.1. The first kappa shape index (κ1) is 37.1. The van der Waals surface area contributed by atoms with Crippen LogP contribution in [0.25, 0.3) is 11.5 Å². The molecule has 0 fully saturated rings. The second-order valence-electron chi connectivity index (χ2n) is 4.83. The largest absolute Gasteiger partial charge is 2.00 e. The van der Waals surface area contributed by atoms with Crippen molar-refractivity contribution in [2.75, 3.05) is 0 Å². The van der Waals surface area contributed by atoms with Gasteiger partial charge in [-0.1, -0.05) is 12.8 Å². The molecule has 15 heteroatoms. The Balaban J connectivity index is -0.0000000950. The van der Waals surface area contributed by atoms with Gasteiger partial charge in [0.2, 0.25) is 11.8 Å². The number of amides is 2. The van der Waals surface area contributed by atoms with Crippen molar-refractivity contribution in [3.05, 3.63) is 11.5 Å². The number of hydrogen-bond donors (Lipinski definition) is 6. The predicted molar refractivity (Wildman–Crippen MR) is 95.0 cm³/mol. The number of aliphatic carboxylic acids is 4. The molecule has 171 valence electrons. The first-order valence-electron chi connectivity index (χ1n) is 7.37. The quantitative estimate of drug-likeness (QED) is 0.269. The molecule has 0 saturated carbocycles. The van der Waals surface area contributed by atoms with Crippen LogP contribution in [-0.2, 0) is 45.5 Å². The van der Waals surface area contributed by atoms with Crippen LogP contribution in [-0.4, -0.2) is 68.2 Å². The number of nitrogens with one attached hydrogen (secondary N) is 2. The summed E-state index contributed by atoms with van der Waals surface area (Å²) in [5, 5.41) is 31.1. The summed E-state index contributed by atoms with van der Waals surface area (Å²) in [4.78, 5) is 58.1.